The number of carbonyl (C=O) groups is 1. The van der Waals surface area contributed by atoms with Crippen molar-refractivity contribution in [2.24, 2.45) is 5.92 Å². The lowest BCUT2D eigenvalue weighted by Gasteiger charge is -2.27. The summed E-state index contributed by atoms with van der Waals surface area (Å²) in [6, 6.07) is 19.5. The molecule has 9 heteroatoms. The second-order valence-corrected chi connectivity index (χ2v) is 12.3. The highest BCUT2D eigenvalue weighted by molar-refractivity contribution is 5.91. The van der Waals surface area contributed by atoms with Gasteiger partial charge in [0.05, 0.1) is 31.3 Å². The van der Waals surface area contributed by atoms with Gasteiger partial charge in [-0.05, 0) is 88.5 Å². The molecule has 0 saturated heterocycles. The van der Waals surface area contributed by atoms with Crippen molar-refractivity contribution >= 4 is 29.1 Å². The standard InChI is InChI=1S/C30H37N5O2.C10H10O.C3H9N/c1-7-9-11-23(18-22(3)4)19-27(29-15-14-26(36-6)21-35(29)31-5)28-16-17-32-30(34-28)33-24-12-10-13-25(20-24)37-8-2;1-9(11)7-8-10-5-3-2-4-6-10;1-4(2)3/h7,9-18,20-22,31H,1,8,19H2,2-6H3,(H,32,33,34);2-8H,1H3;1-3H3/b11-9-,23-18+,29-27+;8-7+;. The lowest BCUT2D eigenvalue weighted by Crippen LogP contribution is -2.31. The van der Waals surface area contributed by atoms with Gasteiger partial charge in [-0.15, -0.1) is 0 Å². The maximum atomic E-state index is 10.5. The summed E-state index contributed by atoms with van der Waals surface area (Å²) in [6.07, 6.45) is 19.8. The molecule has 0 bridgehead atoms. The Hall–Kier alpha value is -5.51. The fraction of sp³-hybridized carbons (Fsp3) is 0.279. The molecule has 2 aromatic carbocycles. The summed E-state index contributed by atoms with van der Waals surface area (Å²) in [7, 11) is 9.54. The molecule has 4 rings (SSSR count). The number of hydrogen-bond acceptors (Lipinski definition) is 9. The number of hydrogen-bond donors (Lipinski definition) is 2. The number of aromatic nitrogens is 2. The van der Waals surface area contributed by atoms with Crippen molar-refractivity contribution in [2.75, 3.05) is 47.2 Å². The number of hydrazine groups is 1. The zero-order chi connectivity index (χ0) is 38.3. The first-order valence-electron chi connectivity index (χ1n) is 17.3. The summed E-state index contributed by atoms with van der Waals surface area (Å²) in [5.41, 5.74) is 9.13. The summed E-state index contributed by atoms with van der Waals surface area (Å²) < 4.78 is 11.1. The molecule has 0 fully saturated rings. The molecule has 0 aliphatic carbocycles. The molecule has 0 amide bonds. The second-order valence-electron chi connectivity index (χ2n) is 12.3. The van der Waals surface area contributed by atoms with Crippen molar-refractivity contribution in [3.8, 4) is 5.75 Å². The van der Waals surface area contributed by atoms with Gasteiger partial charge in [-0.1, -0.05) is 87.2 Å². The van der Waals surface area contributed by atoms with Gasteiger partial charge in [0, 0.05) is 37.0 Å². The van der Waals surface area contributed by atoms with Crippen molar-refractivity contribution in [1.29, 1.82) is 0 Å². The third kappa shape index (κ3) is 16.5. The summed E-state index contributed by atoms with van der Waals surface area (Å²) in [5.74, 6) is 2.51. The molecule has 0 atom stereocenters. The molecule has 52 heavy (non-hydrogen) atoms. The number of anilines is 2. The SMILES string of the molecule is C=C/C=C\C(=C/C(C)C)C/C(=C1/C=CC(OC)=CN1NC)c1ccnc(Nc2cccc(OCC)c2)n1.CC(=O)/C=C/c1ccccc1.CN(C)C. The molecular formula is C43H56N6O3. The van der Waals surface area contributed by atoms with Crippen LogP contribution in [0.5, 0.6) is 5.75 Å². The van der Waals surface area contributed by atoms with Crippen molar-refractivity contribution in [3.05, 3.63) is 150 Å². The van der Waals surface area contributed by atoms with Gasteiger partial charge in [-0.2, -0.15) is 0 Å². The first kappa shape index (κ1) is 42.7. The summed E-state index contributed by atoms with van der Waals surface area (Å²) in [5, 5.41) is 5.26. The van der Waals surface area contributed by atoms with E-state index in [4.69, 9.17) is 14.5 Å². The van der Waals surface area contributed by atoms with E-state index < -0.39 is 0 Å². The molecule has 1 aliphatic heterocycles. The van der Waals surface area contributed by atoms with Crippen molar-refractivity contribution in [3.63, 3.8) is 0 Å². The number of carbonyl (C=O) groups excluding carboxylic acids is 1. The van der Waals surface area contributed by atoms with Crippen LogP contribution in [0.1, 0.15) is 45.4 Å². The lowest BCUT2D eigenvalue weighted by molar-refractivity contribution is -0.112. The van der Waals surface area contributed by atoms with Crippen LogP contribution in [0.3, 0.4) is 0 Å². The molecule has 1 aromatic heterocycles. The summed E-state index contributed by atoms with van der Waals surface area (Å²) >= 11 is 0. The number of ether oxygens (including phenoxy) is 2. The van der Waals surface area contributed by atoms with Gasteiger partial charge in [-0.3, -0.25) is 9.80 Å². The Balaban J connectivity index is 0.000000518. The van der Waals surface area contributed by atoms with Gasteiger partial charge in [0.1, 0.15) is 11.5 Å². The molecule has 9 nitrogen and oxygen atoms in total. The highest BCUT2D eigenvalue weighted by Gasteiger charge is 2.19. The zero-order valence-corrected chi connectivity index (χ0v) is 32.3. The smallest absolute Gasteiger partial charge is 0.227 e. The molecule has 2 N–H and O–H groups in total. The highest BCUT2D eigenvalue weighted by Crippen LogP contribution is 2.31. The maximum Gasteiger partial charge on any atom is 0.227 e. The van der Waals surface area contributed by atoms with E-state index in [0.29, 0.717) is 24.9 Å². The van der Waals surface area contributed by atoms with E-state index >= 15 is 0 Å². The largest absolute Gasteiger partial charge is 0.495 e. The minimum atomic E-state index is 0.0776. The topological polar surface area (TPSA) is 91.9 Å². The Morgan fingerprint density at radius 2 is 1.77 bits per heavy atom. The molecular weight excluding hydrogens is 649 g/mol. The van der Waals surface area contributed by atoms with Crippen LogP contribution in [0.2, 0.25) is 0 Å². The van der Waals surface area contributed by atoms with Gasteiger partial charge >= 0.3 is 0 Å². The molecule has 0 radical (unpaired) electrons. The fourth-order valence-corrected chi connectivity index (χ4v) is 4.67. The predicted octanol–water partition coefficient (Wildman–Crippen LogP) is 9.01. The molecule has 1 aliphatic rings. The Bertz CT molecular complexity index is 1730. The molecule has 0 saturated carbocycles. The Kier molecular flexibility index (Phi) is 19.5. The van der Waals surface area contributed by atoms with Crippen molar-refractivity contribution in [2.45, 2.75) is 34.1 Å². The molecule has 276 valence electrons. The van der Waals surface area contributed by atoms with Crippen LogP contribution < -0.4 is 15.5 Å². The van der Waals surface area contributed by atoms with E-state index in [0.717, 1.165) is 39.7 Å². The monoisotopic (exact) mass is 704 g/mol. The molecule has 3 aromatic rings. The lowest BCUT2D eigenvalue weighted by atomic mass is 9.96. The van der Waals surface area contributed by atoms with Crippen LogP contribution in [0, 0.1) is 5.92 Å². The van der Waals surface area contributed by atoms with E-state index in [1.165, 1.54) is 5.57 Å². The third-order valence-corrected chi connectivity index (χ3v) is 6.76. The second kappa shape index (κ2) is 23.8. The van der Waals surface area contributed by atoms with Gasteiger partial charge in [0.2, 0.25) is 5.95 Å². The average Bonchev–Trinajstić information content (AvgIpc) is 3.12. The van der Waals surface area contributed by atoms with Gasteiger partial charge in [-0.25, -0.2) is 15.4 Å². The van der Waals surface area contributed by atoms with Crippen LogP contribution in [-0.4, -0.2) is 67.6 Å². The molecule has 2 heterocycles. The predicted molar refractivity (Wildman–Crippen MR) is 218 cm³/mol. The van der Waals surface area contributed by atoms with Gasteiger partial charge in [0.15, 0.2) is 5.78 Å². The van der Waals surface area contributed by atoms with Crippen LogP contribution in [0.25, 0.3) is 11.6 Å². The van der Waals surface area contributed by atoms with Crippen molar-refractivity contribution < 1.29 is 14.3 Å². The quantitative estimate of drug-likeness (QED) is 0.126. The number of nitrogens with zero attached hydrogens (tertiary/aromatic N) is 4. The van der Waals surface area contributed by atoms with Crippen molar-refractivity contribution in [1.82, 2.24) is 25.3 Å². The van der Waals surface area contributed by atoms with E-state index in [1.807, 2.05) is 136 Å². The Labute approximate surface area is 311 Å². The van der Waals surface area contributed by atoms with E-state index in [-0.39, 0.29) is 5.78 Å². The molecule has 0 spiro atoms. The summed E-state index contributed by atoms with van der Waals surface area (Å²) in [4.78, 5) is 21.9. The van der Waals surface area contributed by atoms with E-state index in [1.54, 1.807) is 32.4 Å². The van der Waals surface area contributed by atoms with Crippen LogP contribution >= 0.6 is 0 Å². The van der Waals surface area contributed by atoms with E-state index in [2.05, 4.69) is 48.3 Å². The fourth-order valence-electron chi connectivity index (χ4n) is 4.67. The van der Waals surface area contributed by atoms with Crippen LogP contribution in [-0.2, 0) is 9.53 Å². The number of allylic oxidation sites excluding steroid dienone is 9. The minimum Gasteiger partial charge on any atom is -0.495 e. The van der Waals surface area contributed by atoms with E-state index in [9.17, 15) is 4.79 Å². The summed E-state index contributed by atoms with van der Waals surface area (Å²) in [6.45, 7) is 12.3. The first-order valence-corrected chi connectivity index (χ1v) is 17.3. The Morgan fingerprint density at radius 1 is 1.04 bits per heavy atom. The number of rotatable bonds is 14. The molecule has 0 unspecified atom stereocenters. The first-order chi connectivity index (χ1) is 25.0. The maximum absolute atomic E-state index is 10.5. The normalized spacial score (nSPS) is 13.6. The number of methoxy groups -OCH3 is 1. The van der Waals surface area contributed by atoms with Crippen LogP contribution in [0.4, 0.5) is 11.6 Å². The Morgan fingerprint density at radius 3 is 2.38 bits per heavy atom. The van der Waals surface area contributed by atoms with Crippen LogP contribution in [0.15, 0.2) is 139 Å². The minimum absolute atomic E-state index is 0.0776. The number of benzene rings is 2. The third-order valence-electron chi connectivity index (χ3n) is 6.76. The number of ketones is 1. The number of nitrogens with one attached hydrogen (secondary N) is 2. The van der Waals surface area contributed by atoms with Gasteiger partial charge < -0.3 is 19.7 Å². The van der Waals surface area contributed by atoms with Gasteiger partial charge in [0.25, 0.3) is 0 Å². The average molecular weight is 705 g/mol. The zero-order valence-electron chi connectivity index (χ0n) is 32.3. The highest BCUT2D eigenvalue weighted by atomic mass is 16.5.